The molecule has 1 rings (SSSR count). The van der Waals surface area contributed by atoms with Crippen LogP contribution in [-0.2, 0) is 11.2 Å². The number of carbonyl (C=O) groups is 1. The molecule has 0 aromatic carbocycles. The van der Waals surface area contributed by atoms with Crippen molar-refractivity contribution in [2.24, 2.45) is 0 Å². The second kappa shape index (κ2) is 5.00. The predicted molar refractivity (Wildman–Crippen MR) is 51.2 cm³/mol. The molecule has 0 unspecified atom stereocenters. The molecule has 1 aromatic rings. The number of aryl methyl sites for hydroxylation is 1. The zero-order valence-corrected chi connectivity index (χ0v) is 8.19. The molecular formula is C8H10NO4P. The van der Waals surface area contributed by atoms with E-state index in [9.17, 15) is 4.79 Å². The molecule has 0 fully saturated rings. The highest BCUT2D eigenvalue weighted by molar-refractivity contribution is 7.54. The molecule has 6 heteroatoms. The van der Waals surface area contributed by atoms with E-state index in [0.29, 0.717) is 17.4 Å². The molecule has 0 amide bonds. The Morgan fingerprint density at radius 3 is 2.79 bits per heavy atom. The largest absolute Gasteiger partial charge is 0.481 e. The SMILES string of the molecule is O=C(O)CCc1cc(P(O)O)ccn1. The number of rotatable bonds is 4. The molecular weight excluding hydrogens is 205 g/mol. The van der Waals surface area contributed by atoms with Crippen molar-refractivity contribution in [1.82, 2.24) is 4.98 Å². The van der Waals surface area contributed by atoms with Crippen LogP contribution >= 0.6 is 8.38 Å². The van der Waals surface area contributed by atoms with Crippen LogP contribution < -0.4 is 5.30 Å². The third-order valence-corrected chi connectivity index (χ3v) is 2.37. The Labute approximate surface area is 82.0 Å². The number of hydrogen-bond acceptors (Lipinski definition) is 4. The van der Waals surface area contributed by atoms with Crippen LogP contribution in [0.3, 0.4) is 0 Å². The number of pyridine rings is 1. The number of carboxylic acid groups (broad SMARTS) is 1. The average molecular weight is 215 g/mol. The van der Waals surface area contributed by atoms with Crippen LogP contribution in [0.2, 0.25) is 0 Å². The highest BCUT2D eigenvalue weighted by atomic mass is 31.2. The minimum absolute atomic E-state index is 0.00869. The second-order valence-corrected chi connectivity index (χ2v) is 3.78. The third kappa shape index (κ3) is 3.38. The van der Waals surface area contributed by atoms with E-state index in [0.717, 1.165) is 0 Å². The van der Waals surface area contributed by atoms with Crippen molar-refractivity contribution in [3.8, 4) is 0 Å². The number of aromatic nitrogens is 1. The van der Waals surface area contributed by atoms with Crippen LogP contribution in [0, 0.1) is 0 Å². The molecule has 76 valence electrons. The van der Waals surface area contributed by atoms with Gasteiger partial charge in [-0.05, 0) is 12.1 Å². The summed E-state index contributed by atoms with van der Waals surface area (Å²) in [6.07, 6.45) is 1.73. The number of aliphatic carboxylic acids is 1. The van der Waals surface area contributed by atoms with Gasteiger partial charge >= 0.3 is 5.97 Å². The summed E-state index contributed by atoms with van der Waals surface area (Å²) < 4.78 is 0. The lowest BCUT2D eigenvalue weighted by Gasteiger charge is -2.03. The zero-order chi connectivity index (χ0) is 10.6. The van der Waals surface area contributed by atoms with E-state index in [4.69, 9.17) is 14.9 Å². The minimum Gasteiger partial charge on any atom is -0.481 e. The number of hydrogen-bond donors (Lipinski definition) is 3. The van der Waals surface area contributed by atoms with Crippen LogP contribution in [0.5, 0.6) is 0 Å². The molecule has 1 heterocycles. The van der Waals surface area contributed by atoms with Crippen LogP contribution in [0.4, 0.5) is 0 Å². The first kappa shape index (κ1) is 11.0. The fraction of sp³-hybridized carbons (Fsp3) is 0.250. The Hall–Kier alpha value is -1.03. The maximum atomic E-state index is 10.3. The van der Waals surface area contributed by atoms with Crippen molar-refractivity contribution in [3.05, 3.63) is 24.0 Å². The lowest BCUT2D eigenvalue weighted by molar-refractivity contribution is -0.136. The van der Waals surface area contributed by atoms with Gasteiger partial charge in [-0.3, -0.25) is 9.78 Å². The van der Waals surface area contributed by atoms with Crippen molar-refractivity contribution in [1.29, 1.82) is 0 Å². The molecule has 0 aliphatic rings. The van der Waals surface area contributed by atoms with E-state index in [1.165, 1.54) is 18.3 Å². The Kier molecular flexibility index (Phi) is 3.95. The van der Waals surface area contributed by atoms with Gasteiger partial charge in [-0.1, -0.05) is 0 Å². The predicted octanol–water partition coefficient (Wildman–Crippen LogP) is 0.0206. The van der Waals surface area contributed by atoms with E-state index in [-0.39, 0.29) is 6.42 Å². The molecule has 0 aliphatic heterocycles. The van der Waals surface area contributed by atoms with Gasteiger partial charge in [0.05, 0.1) is 6.42 Å². The van der Waals surface area contributed by atoms with Gasteiger partial charge in [-0.2, -0.15) is 0 Å². The molecule has 5 nitrogen and oxygen atoms in total. The Bertz CT molecular complexity index is 329. The van der Waals surface area contributed by atoms with E-state index >= 15 is 0 Å². The smallest absolute Gasteiger partial charge is 0.303 e. The maximum Gasteiger partial charge on any atom is 0.303 e. The molecule has 0 saturated carbocycles. The molecule has 0 atom stereocenters. The quantitative estimate of drug-likeness (QED) is 0.616. The van der Waals surface area contributed by atoms with Crippen LogP contribution in [0.1, 0.15) is 12.1 Å². The topological polar surface area (TPSA) is 90.7 Å². The van der Waals surface area contributed by atoms with E-state index in [1.54, 1.807) is 0 Å². The normalized spacial score (nSPS) is 10.5. The van der Waals surface area contributed by atoms with Gasteiger partial charge in [0.1, 0.15) is 0 Å². The molecule has 1 aromatic heterocycles. The van der Waals surface area contributed by atoms with Crippen molar-refractivity contribution < 1.29 is 19.7 Å². The highest BCUT2D eigenvalue weighted by Crippen LogP contribution is 2.21. The third-order valence-electron chi connectivity index (χ3n) is 1.63. The monoisotopic (exact) mass is 215 g/mol. The minimum atomic E-state index is -2.13. The molecule has 0 radical (unpaired) electrons. The van der Waals surface area contributed by atoms with E-state index in [1.807, 2.05) is 0 Å². The van der Waals surface area contributed by atoms with Gasteiger partial charge in [-0.15, -0.1) is 0 Å². The standard InChI is InChI=1S/C8H10NO4P/c10-8(11)2-1-6-5-7(14(12)13)3-4-9-6/h3-5,12-13H,1-2H2,(H,10,11). The van der Waals surface area contributed by atoms with Crippen LogP contribution in [0.15, 0.2) is 18.3 Å². The molecule has 0 saturated heterocycles. The molecule has 14 heavy (non-hydrogen) atoms. The first-order valence-corrected chi connectivity index (χ1v) is 5.19. The molecule has 0 spiro atoms. The van der Waals surface area contributed by atoms with Crippen LogP contribution in [0.25, 0.3) is 0 Å². The van der Waals surface area contributed by atoms with E-state index in [2.05, 4.69) is 4.98 Å². The fourth-order valence-electron chi connectivity index (χ4n) is 0.962. The first-order valence-electron chi connectivity index (χ1n) is 3.94. The van der Waals surface area contributed by atoms with Gasteiger partial charge in [0.15, 0.2) is 8.38 Å². The summed E-state index contributed by atoms with van der Waals surface area (Å²) in [4.78, 5) is 32.0. The lowest BCUT2D eigenvalue weighted by Crippen LogP contribution is -2.05. The first-order chi connectivity index (χ1) is 6.59. The summed E-state index contributed by atoms with van der Waals surface area (Å²) in [5.41, 5.74) is 0.556. The Balaban J connectivity index is 2.68. The van der Waals surface area contributed by atoms with Crippen LogP contribution in [-0.4, -0.2) is 25.8 Å². The summed E-state index contributed by atoms with van der Waals surface area (Å²) in [6, 6.07) is 3.00. The average Bonchev–Trinajstić information content (AvgIpc) is 2.15. The summed E-state index contributed by atoms with van der Waals surface area (Å²) in [7, 11) is -2.13. The van der Waals surface area contributed by atoms with Gasteiger partial charge in [0, 0.05) is 23.6 Å². The fourth-order valence-corrected chi connectivity index (χ4v) is 1.43. The Morgan fingerprint density at radius 2 is 2.21 bits per heavy atom. The lowest BCUT2D eigenvalue weighted by atomic mass is 10.2. The zero-order valence-electron chi connectivity index (χ0n) is 7.29. The van der Waals surface area contributed by atoms with Crippen molar-refractivity contribution in [2.45, 2.75) is 12.8 Å². The number of carboxylic acids is 1. The van der Waals surface area contributed by atoms with Crippen molar-refractivity contribution >= 4 is 19.6 Å². The second-order valence-electron chi connectivity index (χ2n) is 2.69. The molecule has 0 aliphatic carbocycles. The maximum absolute atomic E-state index is 10.3. The summed E-state index contributed by atoms with van der Waals surface area (Å²) in [5.74, 6) is -0.896. The van der Waals surface area contributed by atoms with Gasteiger partial charge in [0.25, 0.3) is 0 Å². The van der Waals surface area contributed by atoms with Gasteiger partial charge < -0.3 is 14.9 Å². The van der Waals surface area contributed by atoms with E-state index < -0.39 is 14.3 Å². The molecule has 0 bridgehead atoms. The van der Waals surface area contributed by atoms with Crippen molar-refractivity contribution in [2.75, 3.05) is 0 Å². The van der Waals surface area contributed by atoms with Crippen molar-refractivity contribution in [3.63, 3.8) is 0 Å². The molecule has 3 N–H and O–H groups in total. The summed E-state index contributed by atoms with van der Waals surface area (Å²) >= 11 is 0. The summed E-state index contributed by atoms with van der Waals surface area (Å²) in [6.45, 7) is 0. The van der Waals surface area contributed by atoms with Gasteiger partial charge in [0.2, 0.25) is 0 Å². The Morgan fingerprint density at radius 1 is 1.50 bits per heavy atom. The van der Waals surface area contributed by atoms with Gasteiger partial charge in [-0.25, -0.2) is 0 Å². The number of nitrogens with zero attached hydrogens (tertiary/aromatic N) is 1. The highest BCUT2D eigenvalue weighted by Gasteiger charge is 2.06. The summed E-state index contributed by atoms with van der Waals surface area (Å²) in [5, 5.41) is 8.82.